The molecule has 6 nitrogen and oxygen atoms in total. The van der Waals surface area contributed by atoms with Crippen molar-refractivity contribution in [3.63, 3.8) is 0 Å². The third kappa shape index (κ3) is 5.50. The Morgan fingerprint density at radius 2 is 2.00 bits per heavy atom. The number of ether oxygens (including phenoxy) is 1. The van der Waals surface area contributed by atoms with Crippen LogP contribution in [-0.4, -0.2) is 28.9 Å². The van der Waals surface area contributed by atoms with Crippen molar-refractivity contribution >= 4 is 23.4 Å². The predicted molar refractivity (Wildman–Crippen MR) is 103 cm³/mol. The molecule has 152 valence electrons. The smallest absolute Gasteiger partial charge is 0.418 e. The van der Waals surface area contributed by atoms with Crippen molar-refractivity contribution in [2.75, 3.05) is 18.2 Å². The van der Waals surface area contributed by atoms with Crippen LogP contribution in [0.15, 0.2) is 53.1 Å². The molecule has 3 rings (SSSR count). The average molecular weight is 423 g/mol. The van der Waals surface area contributed by atoms with E-state index >= 15 is 0 Å². The van der Waals surface area contributed by atoms with E-state index in [1.165, 1.54) is 18.2 Å². The van der Waals surface area contributed by atoms with Crippen LogP contribution in [0.2, 0.25) is 0 Å². The maximum Gasteiger partial charge on any atom is 0.418 e. The van der Waals surface area contributed by atoms with Crippen LogP contribution in [0.5, 0.6) is 5.75 Å². The summed E-state index contributed by atoms with van der Waals surface area (Å²) in [6.45, 7) is 0. The number of nitrogens with zero attached hydrogens (tertiary/aromatic N) is 2. The number of halogens is 3. The number of nitrogens with one attached hydrogen (secondary N) is 1. The van der Waals surface area contributed by atoms with E-state index in [1.54, 1.807) is 31.4 Å². The Labute approximate surface area is 168 Å². The third-order valence-electron chi connectivity index (χ3n) is 3.76. The number of rotatable bonds is 7. The number of benzene rings is 2. The van der Waals surface area contributed by atoms with Gasteiger partial charge in [0, 0.05) is 5.56 Å². The van der Waals surface area contributed by atoms with E-state index in [9.17, 15) is 18.0 Å². The number of amides is 1. The lowest BCUT2D eigenvalue weighted by Gasteiger charge is -2.13. The van der Waals surface area contributed by atoms with E-state index in [4.69, 9.17) is 9.26 Å². The van der Waals surface area contributed by atoms with Crippen LogP contribution in [0, 0.1) is 0 Å². The zero-order valence-electron chi connectivity index (χ0n) is 15.2. The SMILES string of the molecule is COc1cccc(-c2noc(CSCC(=O)Nc3ccccc3C(F)(F)F)n2)c1. The molecule has 0 bridgehead atoms. The lowest BCUT2D eigenvalue weighted by Crippen LogP contribution is -2.18. The molecule has 0 spiro atoms. The second kappa shape index (κ2) is 8.99. The summed E-state index contributed by atoms with van der Waals surface area (Å²) in [6.07, 6.45) is -4.54. The summed E-state index contributed by atoms with van der Waals surface area (Å²) in [5, 5.41) is 6.17. The maximum absolute atomic E-state index is 13.0. The molecular weight excluding hydrogens is 407 g/mol. The molecule has 3 aromatic rings. The standard InChI is InChI=1S/C19H16F3N3O3S/c1-27-13-6-4-5-12(9-13)18-24-17(28-25-18)11-29-10-16(26)23-15-8-3-2-7-14(15)19(20,21)22/h2-9H,10-11H2,1H3,(H,23,26). The Balaban J connectivity index is 1.55. The van der Waals surface area contributed by atoms with Gasteiger partial charge in [0.1, 0.15) is 5.75 Å². The van der Waals surface area contributed by atoms with Crippen molar-refractivity contribution in [3.8, 4) is 17.1 Å². The van der Waals surface area contributed by atoms with Gasteiger partial charge in [-0.3, -0.25) is 4.79 Å². The lowest BCUT2D eigenvalue weighted by molar-refractivity contribution is -0.137. The second-order valence-corrected chi connectivity index (χ2v) is 6.81. The van der Waals surface area contributed by atoms with Gasteiger partial charge in [-0.15, -0.1) is 11.8 Å². The molecule has 0 saturated heterocycles. The normalized spacial score (nSPS) is 11.3. The van der Waals surface area contributed by atoms with E-state index in [1.807, 2.05) is 0 Å². The summed E-state index contributed by atoms with van der Waals surface area (Å²) in [4.78, 5) is 16.2. The number of hydrogen-bond acceptors (Lipinski definition) is 6. The number of alkyl halides is 3. The van der Waals surface area contributed by atoms with Gasteiger partial charge in [-0.25, -0.2) is 0 Å². The Bertz CT molecular complexity index is 992. The molecule has 0 radical (unpaired) electrons. The molecule has 0 aliphatic carbocycles. The second-order valence-electron chi connectivity index (χ2n) is 5.83. The highest BCUT2D eigenvalue weighted by molar-refractivity contribution is 7.99. The summed E-state index contributed by atoms with van der Waals surface area (Å²) in [6, 6.07) is 12.0. The quantitative estimate of drug-likeness (QED) is 0.597. The van der Waals surface area contributed by atoms with Crippen LogP contribution in [-0.2, 0) is 16.7 Å². The van der Waals surface area contributed by atoms with Crippen LogP contribution < -0.4 is 10.1 Å². The zero-order chi connectivity index (χ0) is 20.9. The number of carbonyl (C=O) groups is 1. The highest BCUT2D eigenvalue weighted by Gasteiger charge is 2.33. The minimum absolute atomic E-state index is 0.0664. The van der Waals surface area contributed by atoms with Gasteiger partial charge in [0.2, 0.25) is 17.6 Å². The summed E-state index contributed by atoms with van der Waals surface area (Å²) in [7, 11) is 1.55. The van der Waals surface area contributed by atoms with Crippen LogP contribution in [0.25, 0.3) is 11.4 Å². The first-order valence-corrected chi connectivity index (χ1v) is 9.53. The Kier molecular flexibility index (Phi) is 6.42. The Morgan fingerprint density at radius 1 is 1.21 bits per heavy atom. The first kappa shape index (κ1) is 20.7. The fraction of sp³-hybridized carbons (Fsp3) is 0.211. The average Bonchev–Trinajstić information content (AvgIpc) is 3.16. The van der Waals surface area contributed by atoms with Crippen molar-refractivity contribution in [2.24, 2.45) is 0 Å². The van der Waals surface area contributed by atoms with Crippen LogP contribution in [0.3, 0.4) is 0 Å². The van der Waals surface area contributed by atoms with Crippen molar-refractivity contribution in [2.45, 2.75) is 11.9 Å². The van der Waals surface area contributed by atoms with Gasteiger partial charge in [-0.05, 0) is 24.3 Å². The van der Waals surface area contributed by atoms with Gasteiger partial charge in [-0.2, -0.15) is 18.2 Å². The molecule has 0 fully saturated rings. The molecule has 0 atom stereocenters. The van der Waals surface area contributed by atoms with E-state index in [-0.39, 0.29) is 17.2 Å². The highest BCUT2D eigenvalue weighted by atomic mass is 32.2. The molecule has 29 heavy (non-hydrogen) atoms. The number of anilines is 1. The summed E-state index contributed by atoms with van der Waals surface area (Å²) < 4.78 is 49.2. The zero-order valence-corrected chi connectivity index (χ0v) is 16.0. The first-order chi connectivity index (χ1) is 13.9. The monoisotopic (exact) mass is 423 g/mol. The van der Waals surface area contributed by atoms with Gasteiger partial charge in [0.15, 0.2) is 0 Å². The topological polar surface area (TPSA) is 77.2 Å². The lowest BCUT2D eigenvalue weighted by atomic mass is 10.1. The molecule has 10 heteroatoms. The number of thioether (sulfide) groups is 1. The van der Waals surface area contributed by atoms with Gasteiger partial charge in [-0.1, -0.05) is 29.4 Å². The van der Waals surface area contributed by atoms with Crippen LogP contribution in [0.4, 0.5) is 18.9 Å². The minimum atomic E-state index is -4.54. The molecule has 0 aliphatic heterocycles. The van der Waals surface area contributed by atoms with Crippen molar-refractivity contribution < 1.29 is 27.2 Å². The Morgan fingerprint density at radius 3 is 2.76 bits per heavy atom. The number of aromatic nitrogens is 2. The predicted octanol–water partition coefficient (Wildman–Crippen LogP) is 4.64. The summed E-state index contributed by atoms with van der Waals surface area (Å²) >= 11 is 1.15. The van der Waals surface area contributed by atoms with Gasteiger partial charge in [0.25, 0.3) is 0 Å². The molecule has 0 aliphatic rings. The fourth-order valence-electron chi connectivity index (χ4n) is 2.45. The summed E-state index contributed by atoms with van der Waals surface area (Å²) in [5.74, 6) is 0.951. The number of methoxy groups -OCH3 is 1. The molecule has 2 aromatic carbocycles. The van der Waals surface area contributed by atoms with Crippen molar-refractivity contribution in [1.82, 2.24) is 10.1 Å². The molecular formula is C19H16F3N3O3S. The van der Waals surface area contributed by atoms with Gasteiger partial charge >= 0.3 is 6.18 Å². The fourth-order valence-corrected chi connectivity index (χ4v) is 3.10. The molecule has 1 amide bonds. The Hall–Kier alpha value is -3.01. The molecule has 0 saturated carbocycles. The van der Waals surface area contributed by atoms with E-state index in [0.29, 0.717) is 23.0 Å². The number of para-hydroxylation sites is 1. The third-order valence-corrected chi connectivity index (χ3v) is 4.68. The number of hydrogen-bond donors (Lipinski definition) is 1. The van der Waals surface area contributed by atoms with E-state index < -0.39 is 17.6 Å². The molecule has 1 aromatic heterocycles. The maximum atomic E-state index is 13.0. The molecule has 1 heterocycles. The largest absolute Gasteiger partial charge is 0.497 e. The minimum Gasteiger partial charge on any atom is -0.497 e. The molecule has 0 unspecified atom stereocenters. The van der Waals surface area contributed by atoms with Gasteiger partial charge in [0.05, 0.1) is 29.9 Å². The van der Waals surface area contributed by atoms with Crippen LogP contribution in [0.1, 0.15) is 11.5 Å². The van der Waals surface area contributed by atoms with E-state index in [0.717, 1.165) is 17.8 Å². The summed E-state index contributed by atoms with van der Waals surface area (Å²) in [5.41, 5.74) is -0.451. The molecule has 1 N–H and O–H groups in total. The first-order valence-electron chi connectivity index (χ1n) is 8.37. The van der Waals surface area contributed by atoms with Crippen molar-refractivity contribution in [1.29, 1.82) is 0 Å². The van der Waals surface area contributed by atoms with E-state index in [2.05, 4.69) is 15.5 Å². The van der Waals surface area contributed by atoms with Crippen molar-refractivity contribution in [3.05, 3.63) is 60.0 Å². The number of carbonyl (C=O) groups excluding carboxylic acids is 1. The van der Waals surface area contributed by atoms with Gasteiger partial charge < -0.3 is 14.6 Å². The highest BCUT2D eigenvalue weighted by Crippen LogP contribution is 2.34. The van der Waals surface area contributed by atoms with Crippen LogP contribution >= 0.6 is 11.8 Å².